The van der Waals surface area contributed by atoms with E-state index in [2.05, 4.69) is 86.0 Å². The van der Waals surface area contributed by atoms with Crippen molar-refractivity contribution in [2.45, 2.75) is 267 Å². The van der Waals surface area contributed by atoms with E-state index in [0.29, 0.717) is 19.3 Å². The molecule has 2 aliphatic rings. The van der Waals surface area contributed by atoms with E-state index in [1.807, 2.05) is 12.2 Å². The maximum absolute atomic E-state index is 13.2. The molecule has 12 atom stereocenters. The fraction of sp³-hybridized carbons (Fsp3) is 0.750. The second kappa shape index (κ2) is 45.2. The van der Waals surface area contributed by atoms with E-state index in [9.17, 15) is 45.6 Å². The summed E-state index contributed by atoms with van der Waals surface area (Å²) in [6.45, 7) is 2.62. The van der Waals surface area contributed by atoms with Gasteiger partial charge in [-0.05, 0) is 70.6 Å². The lowest BCUT2D eigenvalue weighted by atomic mass is 9.97. The average molecular weight is 1050 g/mol. The molecule has 0 aliphatic carbocycles. The van der Waals surface area contributed by atoms with Crippen molar-refractivity contribution in [3.8, 4) is 0 Å². The van der Waals surface area contributed by atoms with Gasteiger partial charge in [0.15, 0.2) is 12.6 Å². The van der Waals surface area contributed by atoms with E-state index in [-0.39, 0.29) is 18.9 Å². The summed E-state index contributed by atoms with van der Waals surface area (Å²) in [6.07, 6.45) is 43.5. The summed E-state index contributed by atoms with van der Waals surface area (Å²) >= 11 is 0. The molecule has 0 bridgehead atoms. The van der Waals surface area contributed by atoms with Crippen LogP contribution in [0.5, 0.6) is 0 Å². The molecule has 0 radical (unpaired) electrons. The van der Waals surface area contributed by atoms with Gasteiger partial charge < -0.3 is 65.1 Å². The summed E-state index contributed by atoms with van der Waals surface area (Å²) in [7, 11) is 0. The highest BCUT2D eigenvalue weighted by Gasteiger charge is 2.51. The van der Waals surface area contributed by atoms with Crippen LogP contribution in [0.3, 0.4) is 0 Å². The van der Waals surface area contributed by atoms with Crippen LogP contribution < -0.4 is 5.32 Å². The van der Waals surface area contributed by atoms with Crippen LogP contribution in [0, 0.1) is 0 Å². The minimum absolute atomic E-state index is 0.191. The van der Waals surface area contributed by atoms with Gasteiger partial charge in [0.05, 0.1) is 32.0 Å². The number of nitrogens with one attached hydrogen (secondary N) is 1. The van der Waals surface area contributed by atoms with E-state index >= 15 is 0 Å². The molecule has 2 fully saturated rings. The van der Waals surface area contributed by atoms with Crippen molar-refractivity contribution in [2.24, 2.45) is 0 Å². The van der Waals surface area contributed by atoms with Gasteiger partial charge in [0.1, 0.15) is 48.8 Å². The Kier molecular flexibility index (Phi) is 41.1. The Bertz CT molecular complexity index is 1560. The van der Waals surface area contributed by atoms with E-state index < -0.39 is 86.8 Å². The largest absolute Gasteiger partial charge is 0.394 e. The molecule has 0 spiro atoms. The van der Waals surface area contributed by atoms with Gasteiger partial charge in [0.25, 0.3) is 0 Å². The Morgan fingerprint density at radius 1 is 0.500 bits per heavy atom. The van der Waals surface area contributed by atoms with Crippen LogP contribution in [-0.2, 0) is 23.7 Å². The van der Waals surface area contributed by atoms with Crippen LogP contribution in [0.25, 0.3) is 0 Å². The summed E-state index contributed by atoms with van der Waals surface area (Å²) in [4.78, 5) is 13.2. The highest BCUT2D eigenvalue weighted by Crippen LogP contribution is 2.30. The number of allylic oxidation sites excluding steroid dienone is 13. The molecule has 1 amide bonds. The predicted molar refractivity (Wildman–Crippen MR) is 295 cm³/mol. The minimum Gasteiger partial charge on any atom is -0.394 e. The lowest BCUT2D eigenvalue weighted by Gasteiger charge is -2.46. The highest BCUT2D eigenvalue weighted by molar-refractivity contribution is 5.76. The summed E-state index contributed by atoms with van der Waals surface area (Å²) in [5, 5.41) is 86.9. The van der Waals surface area contributed by atoms with Crippen molar-refractivity contribution in [3.63, 3.8) is 0 Å². The standard InChI is InChI=1S/C60H103NO13/c1-3-5-7-9-11-13-15-17-19-21-22-23-24-25-26-28-29-31-33-35-37-39-41-43-49(64)48(61-52(65)44-42-40-38-36-34-32-30-27-20-18-16-14-12-10-8-6-4-2)47-71-59-57(70)55(68)58(51(46-63)73-59)74-60-56(69)54(67)53(66)50(45-62)72-60/h6,8,12,14,18,20,30,32-33,35-36,38,41,43,48-51,53-60,62-64,66-70H,3-5,7,9-11,13,15-17,19,21-29,31,34,37,39-40,42,44-47H2,1-2H3,(H,61,65)/b8-6-,14-12-,20-18-,32-30-,35-33+,38-36-,43-41+. The lowest BCUT2D eigenvalue weighted by molar-refractivity contribution is -0.359. The number of aliphatic hydroxyl groups excluding tert-OH is 8. The van der Waals surface area contributed by atoms with Gasteiger partial charge in [-0.3, -0.25) is 4.79 Å². The van der Waals surface area contributed by atoms with Crippen molar-refractivity contribution in [3.05, 3.63) is 85.1 Å². The quantitative estimate of drug-likeness (QED) is 0.0205. The topological polar surface area (TPSA) is 228 Å². The number of hydrogen-bond donors (Lipinski definition) is 9. The molecule has 14 heteroatoms. The first-order valence-corrected chi connectivity index (χ1v) is 28.8. The molecule has 426 valence electrons. The number of aliphatic hydroxyl groups is 8. The van der Waals surface area contributed by atoms with Crippen molar-refractivity contribution < 1.29 is 64.6 Å². The van der Waals surface area contributed by atoms with Gasteiger partial charge in [-0.1, -0.05) is 202 Å². The molecule has 0 saturated carbocycles. The third kappa shape index (κ3) is 30.8. The third-order valence-corrected chi connectivity index (χ3v) is 13.6. The Morgan fingerprint density at radius 3 is 1.49 bits per heavy atom. The number of hydrogen-bond acceptors (Lipinski definition) is 13. The second-order valence-corrected chi connectivity index (χ2v) is 20.0. The van der Waals surface area contributed by atoms with Crippen LogP contribution in [0.1, 0.15) is 194 Å². The maximum atomic E-state index is 13.2. The Hall–Kier alpha value is -2.83. The third-order valence-electron chi connectivity index (χ3n) is 13.6. The molecular formula is C60H103NO13. The molecule has 0 aromatic heterocycles. The molecule has 74 heavy (non-hydrogen) atoms. The van der Waals surface area contributed by atoms with Crippen molar-refractivity contribution >= 4 is 5.91 Å². The first kappa shape index (κ1) is 67.3. The van der Waals surface area contributed by atoms with Gasteiger partial charge in [-0.15, -0.1) is 0 Å². The van der Waals surface area contributed by atoms with E-state index in [1.165, 1.54) is 109 Å². The van der Waals surface area contributed by atoms with Crippen molar-refractivity contribution in [1.82, 2.24) is 5.32 Å². The van der Waals surface area contributed by atoms with Gasteiger partial charge in [-0.2, -0.15) is 0 Å². The highest BCUT2D eigenvalue weighted by atomic mass is 16.7. The fourth-order valence-electron chi connectivity index (χ4n) is 8.93. The molecule has 0 aromatic carbocycles. The SMILES string of the molecule is CC/C=C\C/C=C\C/C=C\C/C=C\C/C=C\CCCC(=O)NC(COC1OC(CO)C(OC2OC(CO)C(O)C(O)C2O)C(O)C1O)C(O)/C=C/CC/C=C/CCCCCCCCCCCCCCCCCCC. The maximum Gasteiger partial charge on any atom is 0.220 e. The summed E-state index contributed by atoms with van der Waals surface area (Å²) in [5.74, 6) is -0.308. The molecule has 12 unspecified atom stereocenters. The van der Waals surface area contributed by atoms with E-state index in [0.717, 1.165) is 44.9 Å². The fourth-order valence-corrected chi connectivity index (χ4v) is 8.93. The first-order valence-electron chi connectivity index (χ1n) is 28.8. The number of ether oxygens (including phenoxy) is 4. The van der Waals surface area contributed by atoms with Gasteiger partial charge in [-0.25, -0.2) is 0 Å². The Balaban J connectivity index is 1.83. The van der Waals surface area contributed by atoms with Gasteiger partial charge in [0, 0.05) is 6.42 Å². The molecule has 2 heterocycles. The molecule has 9 N–H and O–H groups in total. The van der Waals surface area contributed by atoms with Gasteiger partial charge >= 0.3 is 0 Å². The number of amides is 1. The average Bonchev–Trinajstić information content (AvgIpc) is 3.40. The van der Waals surface area contributed by atoms with Crippen LogP contribution >= 0.6 is 0 Å². The Morgan fingerprint density at radius 2 is 0.946 bits per heavy atom. The minimum atomic E-state index is -1.80. The Labute approximate surface area is 446 Å². The summed E-state index contributed by atoms with van der Waals surface area (Å²) < 4.78 is 22.7. The predicted octanol–water partition coefficient (Wildman–Crippen LogP) is 9.33. The zero-order valence-corrected chi connectivity index (χ0v) is 45.6. The van der Waals surface area contributed by atoms with Gasteiger partial charge in [0.2, 0.25) is 5.91 Å². The zero-order chi connectivity index (χ0) is 53.9. The molecule has 2 rings (SSSR count). The molecule has 0 aromatic rings. The van der Waals surface area contributed by atoms with Crippen LogP contribution in [0.2, 0.25) is 0 Å². The summed E-state index contributed by atoms with van der Waals surface area (Å²) in [6, 6.07) is -0.966. The van der Waals surface area contributed by atoms with E-state index in [4.69, 9.17) is 18.9 Å². The number of rotatable bonds is 44. The monoisotopic (exact) mass is 1050 g/mol. The number of carbonyl (C=O) groups is 1. The smallest absolute Gasteiger partial charge is 0.220 e. The number of unbranched alkanes of at least 4 members (excludes halogenated alkanes) is 19. The summed E-state index contributed by atoms with van der Waals surface area (Å²) in [5.41, 5.74) is 0. The lowest BCUT2D eigenvalue weighted by Crippen LogP contribution is -2.65. The molecule has 14 nitrogen and oxygen atoms in total. The number of carbonyl (C=O) groups excluding carboxylic acids is 1. The molecule has 2 aliphatic heterocycles. The van der Waals surface area contributed by atoms with Crippen molar-refractivity contribution in [1.29, 1.82) is 0 Å². The van der Waals surface area contributed by atoms with Crippen LogP contribution in [-0.4, -0.2) is 140 Å². The molecular weight excluding hydrogens is 943 g/mol. The van der Waals surface area contributed by atoms with Crippen LogP contribution in [0.4, 0.5) is 0 Å². The van der Waals surface area contributed by atoms with Crippen molar-refractivity contribution in [2.75, 3.05) is 19.8 Å². The van der Waals surface area contributed by atoms with Crippen LogP contribution in [0.15, 0.2) is 85.1 Å². The second-order valence-electron chi connectivity index (χ2n) is 20.0. The van der Waals surface area contributed by atoms with E-state index in [1.54, 1.807) is 6.08 Å². The first-order chi connectivity index (χ1) is 36.1. The zero-order valence-electron chi connectivity index (χ0n) is 45.6. The normalized spacial score (nSPS) is 25.9. The molecule has 2 saturated heterocycles.